The van der Waals surface area contributed by atoms with E-state index in [4.69, 9.17) is 0 Å². The van der Waals surface area contributed by atoms with Crippen LogP contribution in [-0.2, 0) is 17.2 Å². The van der Waals surface area contributed by atoms with E-state index < -0.39 is 36.2 Å². The van der Waals surface area contributed by atoms with Crippen LogP contribution in [0, 0.1) is 0 Å². The molecule has 0 bridgehead atoms. The molecule has 2 atom stereocenters. The molecule has 14 heteroatoms. The molecule has 0 aromatic carbocycles. The molecule has 0 amide bonds. The summed E-state index contributed by atoms with van der Waals surface area (Å²) >= 11 is 0.459. The maximum absolute atomic E-state index is 13.2. The molecule has 4 heterocycles. The first-order valence-electron chi connectivity index (χ1n) is 11.7. The van der Waals surface area contributed by atoms with Gasteiger partial charge >= 0.3 is 221 Å². The summed E-state index contributed by atoms with van der Waals surface area (Å²) in [6.45, 7) is 10.2. The fourth-order valence-corrected chi connectivity index (χ4v) is 7.72. The monoisotopic (exact) mass is 607 g/mol. The van der Waals surface area contributed by atoms with E-state index in [1.165, 1.54) is 11.9 Å². The van der Waals surface area contributed by atoms with Gasteiger partial charge in [-0.3, -0.25) is 0 Å². The molecule has 0 spiro atoms. The molecular formula is C22H28F3N7OS2Se. The molecule has 1 saturated heterocycles. The number of anilines is 1. The molecular weight excluding hydrogens is 578 g/mol. The zero-order valence-electron chi connectivity index (χ0n) is 20.4. The molecule has 2 fully saturated rings. The van der Waals surface area contributed by atoms with Gasteiger partial charge in [0.15, 0.2) is 0 Å². The van der Waals surface area contributed by atoms with Gasteiger partial charge in [-0.05, 0) is 0 Å². The topological polar surface area (TPSA) is 78.7 Å². The number of halogens is 3. The van der Waals surface area contributed by atoms with Crippen molar-refractivity contribution in [3.63, 3.8) is 0 Å². The van der Waals surface area contributed by atoms with Crippen molar-refractivity contribution in [1.29, 1.82) is 0 Å². The Kier molecular flexibility index (Phi) is 7.05. The van der Waals surface area contributed by atoms with Crippen LogP contribution in [0.2, 0.25) is 0 Å². The molecule has 1 N–H and O–H groups in total. The predicted octanol–water partition coefficient (Wildman–Crippen LogP) is 3.60. The quantitative estimate of drug-likeness (QED) is 0.326. The van der Waals surface area contributed by atoms with Gasteiger partial charge in [0.1, 0.15) is 0 Å². The van der Waals surface area contributed by atoms with Gasteiger partial charge < -0.3 is 0 Å². The molecule has 5 rings (SSSR count). The molecule has 196 valence electrons. The molecule has 1 aliphatic carbocycles. The third kappa shape index (κ3) is 5.25. The third-order valence-electron chi connectivity index (χ3n) is 6.41. The Labute approximate surface area is 220 Å². The van der Waals surface area contributed by atoms with Crippen molar-refractivity contribution in [2.75, 3.05) is 24.5 Å². The summed E-state index contributed by atoms with van der Waals surface area (Å²) in [5, 5.41) is 7.31. The van der Waals surface area contributed by atoms with Crippen LogP contribution in [-0.4, -0.2) is 79.1 Å². The maximum atomic E-state index is 13.2. The number of nitrogens with zero attached hydrogens (tertiary/aromatic N) is 6. The first-order chi connectivity index (χ1) is 16.9. The molecule has 8 nitrogen and oxygen atoms in total. The molecule has 0 radical (unpaired) electrons. The number of nitrogens with one attached hydrogen (secondary N) is 1. The summed E-state index contributed by atoms with van der Waals surface area (Å²) in [5.41, 5.74) is 1.86. The van der Waals surface area contributed by atoms with Gasteiger partial charge in [0.25, 0.3) is 0 Å². The average Bonchev–Trinajstić information content (AvgIpc) is 3.20. The van der Waals surface area contributed by atoms with E-state index in [1.807, 2.05) is 28.8 Å². The van der Waals surface area contributed by atoms with Gasteiger partial charge in [-0.2, -0.15) is 0 Å². The molecule has 2 unspecified atom stereocenters. The first kappa shape index (κ1) is 26.2. The normalized spacial score (nSPS) is 21.4. The molecule has 3 aromatic heterocycles. The van der Waals surface area contributed by atoms with Crippen LogP contribution in [0.4, 0.5) is 18.9 Å². The van der Waals surface area contributed by atoms with Crippen LogP contribution in [0.5, 0.6) is 0 Å². The number of fused-ring (bicyclic) bond motifs is 1. The number of alkyl halides is 3. The zero-order chi connectivity index (χ0) is 25.8. The van der Waals surface area contributed by atoms with Crippen molar-refractivity contribution >= 4 is 48.6 Å². The molecule has 3 aromatic rings. The number of piperazine rings is 1. The van der Waals surface area contributed by atoms with Crippen molar-refractivity contribution in [3.05, 3.63) is 23.0 Å². The summed E-state index contributed by atoms with van der Waals surface area (Å²) in [5.74, 6) is 0.391. The second-order valence-electron chi connectivity index (χ2n) is 9.83. The van der Waals surface area contributed by atoms with E-state index in [-0.39, 0.29) is 21.4 Å². The van der Waals surface area contributed by atoms with Crippen LogP contribution in [0.1, 0.15) is 45.1 Å². The van der Waals surface area contributed by atoms with Crippen molar-refractivity contribution in [2.24, 2.45) is 0 Å². The summed E-state index contributed by atoms with van der Waals surface area (Å²) in [6.07, 6.45) is 1.33. The Bertz CT molecular complexity index is 1290. The second-order valence-corrected chi connectivity index (χ2v) is 14.7. The van der Waals surface area contributed by atoms with Gasteiger partial charge in [-0.15, -0.1) is 0 Å². The van der Waals surface area contributed by atoms with Crippen LogP contribution in [0.3, 0.4) is 0 Å². The van der Waals surface area contributed by atoms with Gasteiger partial charge in [0.05, 0.1) is 0 Å². The third-order valence-corrected chi connectivity index (χ3v) is 11.3. The van der Waals surface area contributed by atoms with Crippen molar-refractivity contribution in [2.45, 2.75) is 68.4 Å². The summed E-state index contributed by atoms with van der Waals surface area (Å²) in [4.78, 5) is 7.68. The SMILES string of the molecule is CC1CN(c2cc(SNC3(C)CC3)cn3c(-c4nnc(C(F)(F)F)[se]4)ncc23)CCN1S(=O)C(C)C. The zero-order valence-corrected chi connectivity index (χ0v) is 23.7. The fraction of sp³-hybridized carbons (Fsp3) is 0.591. The van der Waals surface area contributed by atoms with Crippen molar-refractivity contribution < 1.29 is 17.4 Å². The fourth-order valence-electron chi connectivity index (χ4n) is 4.12. The Balaban J connectivity index is 1.51. The average molecular weight is 607 g/mol. The van der Waals surface area contributed by atoms with Crippen molar-refractivity contribution in [3.8, 4) is 10.4 Å². The summed E-state index contributed by atoms with van der Waals surface area (Å²) < 4.78 is 59.1. The first-order valence-corrected chi connectivity index (χ1v) is 15.4. The van der Waals surface area contributed by atoms with Crippen LogP contribution in [0.25, 0.3) is 15.9 Å². The van der Waals surface area contributed by atoms with Gasteiger partial charge in [-0.25, -0.2) is 0 Å². The second kappa shape index (κ2) is 9.70. The minimum absolute atomic E-state index is 0.0514. The molecule has 1 saturated carbocycles. The van der Waals surface area contributed by atoms with Crippen LogP contribution < -0.4 is 9.62 Å². The van der Waals surface area contributed by atoms with E-state index in [2.05, 4.69) is 44.7 Å². The van der Waals surface area contributed by atoms with Crippen molar-refractivity contribution in [1.82, 2.24) is 28.6 Å². The number of pyridine rings is 1. The summed E-state index contributed by atoms with van der Waals surface area (Å²) in [6, 6.07) is 2.18. The van der Waals surface area contributed by atoms with Gasteiger partial charge in [0.2, 0.25) is 0 Å². The van der Waals surface area contributed by atoms with Gasteiger partial charge in [-0.1, -0.05) is 0 Å². The Morgan fingerprint density at radius 2 is 2.03 bits per heavy atom. The van der Waals surface area contributed by atoms with E-state index in [1.54, 1.807) is 6.20 Å². The molecule has 1 aliphatic heterocycles. The van der Waals surface area contributed by atoms with E-state index in [0.717, 1.165) is 28.9 Å². The Hall–Kier alpha value is -1.44. The molecule has 2 aliphatic rings. The Morgan fingerprint density at radius 3 is 2.64 bits per heavy atom. The van der Waals surface area contributed by atoms with E-state index >= 15 is 0 Å². The minimum atomic E-state index is -4.49. The number of rotatable bonds is 7. The standard InChI is InChI=1S/C22H28F3N7OS2Se/c1-13(2)35(33)32-8-7-30(11-14(32)3)16-9-15(34-29-21(4)5-6-21)12-31-17(16)10-26-18(31)19-27-28-20(36-19)22(23,24)25/h9-10,12-14,29H,5-8,11H2,1-4H3. The van der Waals surface area contributed by atoms with Gasteiger partial charge in [0, 0.05) is 0 Å². The Morgan fingerprint density at radius 1 is 1.28 bits per heavy atom. The number of hydrogen-bond acceptors (Lipinski definition) is 7. The predicted molar refractivity (Wildman–Crippen MR) is 136 cm³/mol. The van der Waals surface area contributed by atoms with E-state index in [9.17, 15) is 17.4 Å². The number of imidazole rings is 1. The number of aromatic nitrogens is 4. The molecule has 36 heavy (non-hydrogen) atoms. The number of hydrogen-bond donors (Lipinski definition) is 1. The van der Waals surface area contributed by atoms with E-state index in [0.29, 0.717) is 25.5 Å². The van der Waals surface area contributed by atoms with Crippen LogP contribution >= 0.6 is 11.9 Å². The summed E-state index contributed by atoms with van der Waals surface area (Å²) in [7, 11) is -1.05. The van der Waals surface area contributed by atoms with Crippen LogP contribution in [0.15, 0.2) is 23.4 Å².